The first-order valence-corrected chi connectivity index (χ1v) is 10.6. The quantitative estimate of drug-likeness (QED) is 0.352. The van der Waals surface area contributed by atoms with E-state index in [0.29, 0.717) is 18.6 Å². The molecule has 1 aliphatic rings. The van der Waals surface area contributed by atoms with E-state index in [2.05, 4.69) is 17.1 Å². The molecule has 0 radical (unpaired) electrons. The molecule has 0 fully saturated rings. The monoisotopic (exact) mass is 425 g/mol. The van der Waals surface area contributed by atoms with Gasteiger partial charge in [-0.3, -0.25) is 4.98 Å². The van der Waals surface area contributed by atoms with Gasteiger partial charge < -0.3 is 4.74 Å². The highest BCUT2D eigenvalue weighted by Crippen LogP contribution is 2.43. The number of halogens is 2. The summed E-state index contributed by atoms with van der Waals surface area (Å²) in [5.74, 6) is -0.392. The molecule has 0 saturated carbocycles. The van der Waals surface area contributed by atoms with Crippen molar-refractivity contribution in [2.45, 2.75) is 12.8 Å². The highest BCUT2D eigenvalue weighted by Gasteiger charge is 2.25. The smallest absolute Gasteiger partial charge is 0.126 e. The van der Waals surface area contributed by atoms with Gasteiger partial charge in [0.15, 0.2) is 0 Å². The Kier molecular flexibility index (Phi) is 5.51. The van der Waals surface area contributed by atoms with Crippen LogP contribution in [0.1, 0.15) is 27.8 Å². The van der Waals surface area contributed by atoms with E-state index >= 15 is 0 Å². The average Bonchev–Trinajstić information content (AvgIpc) is 3.19. The van der Waals surface area contributed by atoms with Crippen molar-refractivity contribution in [3.05, 3.63) is 131 Å². The molecule has 1 aliphatic carbocycles. The van der Waals surface area contributed by atoms with Crippen LogP contribution in [0.2, 0.25) is 0 Å². The summed E-state index contributed by atoms with van der Waals surface area (Å²) in [6.45, 7) is 0.577. The fourth-order valence-electron chi connectivity index (χ4n) is 4.24. The maximum Gasteiger partial charge on any atom is 0.126 e. The van der Waals surface area contributed by atoms with Crippen LogP contribution in [-0.2, 0) is 12.8 Å². The predicted molar refractivity (Wildman–Crippen MR) is 122 cm³/mol. The SMILES string of the molecule is Fc1cc(F)cc(C2=C(c3cccnc3)Cc3cc(OCCc4ccccc4)ccc32)c1. The van der Waals surface area contributed by atoms with Crippen molar-refractivity contribution in [1.29, 1.82) is 0 Å². The summed E-state index contributed by atoms with van der Waals surface area (Å²) in [5, 5.41) is 0. The number of rotatable bonds is 6. The Hall–Kier alpha value is -3.79. The van der Waals surface area contributed by atoms with E-state index in [1.165, 1.54) is 17.7 Å². The molecule has 158 valence electrons. The summed E-state index contributed by atoms with van der Waals surface area (Å²) >= 11 is 0. The lowest BCUT2D eigenvalue weighted by atomic mass is 9.95. The molecule has 0 aliphatic heterocycles. The van der Waals surface area contributed by atoms with E-state index in [4.69, 9.17) is 4.74 Å². The molecule has 0 amide bonds. The Bertz CT molecular complexity index is 1260. The highest BCUT2D eigenvalue weighted by atomic mass is 19.1. The second kappa shape index (κ2) is 8.75. The first-order chi connectivity index (χ1) is 15.7. The van der Waals surface area contributed by atoms with Crippen LogP contribution in [-0.4, -0.2) is 11.6 Å². The largest absolute Gasteiger partial charge is 0.493 e. The van der Waals surface area contributed by atoms with E-state index in [9.17, 15) is 8.78 Å². The van der Waals surface area contributed by atoms with Crippen molar-refractivity contribution in [3.8, 4) is 5.75 Å². The van der Waals surface area contributed by atoms with Crippen LogP contribution in [0.25, 0.3) is 11.1 Å². The molecule has 32 heavy (non-hydrogen) atoms. The predicted octanol–water partition coefficient (Wildman–Crippen LogP) is 6.50. The summed E-state index contributed by atoms with van der Waals surface area (Å²) < 4.78 is 34.1. The third-order valence-corrected chi connectivity index (χ3v) is 5.68. The van der Waals surface area contributed by atoms with Gasteiger partial charge in [-0.05, 0) is 75.7 Å². The van der Waals surface area contributed by atoms with E-state index < -0.39 is 11.6 Å². The van der Waals surface area contributed by atoms with E-state index in [0.717, 1.165) is 46.1 Å². The molecule has 1 aromatic heterocycles. The molecule has 4 aromatic rings. The van der Waals surface area contributed by atoms with Crippen LogP contribution in [0.5, 0.6) is 5.75 Å². The third kappa shape index (κ3) is 4.17. The molecular formula is C28H21F2NO. The molecule has 0 unspecified atom stereocenters. The zero-order valence-corrected chi connectivity index (χ0v) is 17.4. The van der Waals surface area contributed by atoms with Gasteiger partial charge in [0, 0.05) is 24.9 Å². The van der Waals surface area contributed by atoms with Gasteiger partial charge in [0.1, 0.15) is 17.4 Å². The van der Waals surface area contributed by atoms with Crippen molar-refractivity contribution in [3.63, 3.8) is 0 Å². The fourth-order valence-corrected chi connectivity index (χ4v) is 4.24. The minimum atomic E-state index is -0.590. The van der Waals surface area contributed by atoms with Crippen molar-refractivity contribution < 1.29 is 13.5 Å². The zero-order chi connectivity index (χ0) is 21.9. The van der Waals surface area contributed by atoms with Crippen molar-refractivity contribution >= 4 is 11.1 Å². The third-order valence-electron chi connectivity index (χ3n) is 5.68. The van der Waals surface area contributed by atoms with Gasteiger partial charge in [0.2, 0.25) is 0 Å². The molecule has 1 heterocycles. The number of fused-ring (bicyclic) bond motifs is 1. The number of hydrogen-bond donors (Lipinski definition) is 0. The number of pyridine rings is 1. The van der Waals surface area contributed by atoms with Gasteiger partial charge in [-0.2, -0.15) is 0 Å². The molecular weight excluding hydrogens is 404 g/mol. The van der Waals surface area contributed by atoms with Crippen LogP contribution in [0.3, 0.4) is 0 Å². The minimum absolute atomic E-state index is 0.526. The summed E-state index contributed by atoms with van der Waals surface area (Å²) in [4.78, 5) is 4.24. The van der Waals surface area contributed by atoms with Crippen LogP contribution in [0, 0.1) is 11.6 Å². The second-order valence-electron chi connectivity index (χ2n) is 7.83. The van der Waals surface area contributed by atoms with Crippen LogP contribution >= 0.6 is 0 Å². The van der Waals surface area contributed by atoms with Gasteiger partial charge in [0.25, 0.3) is 0 Å². The first kappa shape index (κ1) is 20.1. The van der Waals surface area contributed by atoms with Gasteiger partial charge in [0.05, 0.1) is 6.61 Å². The summed E-state index contributed by atoms with van der Waals surface area (Å²) in [6, 6.07) is 23.6. The Morgan fingerprint density at radius 2 is 1.62 bits per heavy atom. The lowest BCUT2D eigenvalue weighted by Crippen LogP contribution is -2.01. The maximum atomic E-state index is 14.0. The Morgan fingerprint density at radius 1 is 0.812 bits per heavy atom. The number of ether oxygens (including phenoxy) is 1. The lowest BCUT2D eigenvalue weighted by molar-refractivity contribution is 0.321. The number of allylic oxidation sites excluding steroid dienone is 1. The molecule has 3 aromatic carbocycles. The topological polar surface area (TPSA) is 22.1 Å². The average molecular weight is 425 g/mol. The molecule has 4 heteroatoms. The fraction of sp³-hybridized carbons (Fsp3) is 0.107. The van der Waals surface area contributed by atoms with Crippen LogP contribution < -0.4 is 4.74 Å². The minimum Gasteiger partial charge on any atom is -0.493 e. The molecule has 0 atom stereocenters. The molecule has 2 nitrogen and oxygen atoms in total. The van der Waals surface area contributed by atoms with E-state index in [1.54, 1.807) is 12.4 Å². The number of nitrogens with zero attached hydrogens (tertiary/aromatic N) is 1. The molecule has 0 spiro atoms. The maximum absolute atomic E-state index is 14.0. The molecule has 5 rings (SSSR count). The molecule has 0 N–H and O–H groups in total. The van der Waals surface area contributed by atoms with Gasteiger partial charge in [-0.1, -0.05) is 42.5 Å². The number of hydrogen-bond acceptors (Lipinski definition) is 2. The summed E-state index contributed by atoms with van der Waals surface area (Å²) in [5.41, 5.74) is 6.56. The number of aromatic nitrogens is 1. The number of benzene rings is 3. The van der Waals surface area contributed by atoms with Crippen LogP contribution in [0.4, 0.5) is 8.78 Å². The van der Waals surface area contributed by atoms with Gasteiger partial charge in [-0.15, -0.1) is 0 Å². The van der Waals surface area contributed by atoms with E-state index in [-0.39, 0.29) is 0 Å². The Balaban J connectivity index is 1.47. The van der Waals surface area contributed by atoms with Crippen molar-refractivity contribution in [2.75, 3.05) is 6.61 Å². The van der Waals surface area contributed by atoms with Crippen molar-refractivity contribution in [1.82, 2.24) is 4.98 Å². The normalized spacial score (nSPS) is 12.7. The highest BCUT2D eigenvalue weighted by molar-refractivity contribution is 6.03. The zero-order valence-electron chi connectivity index (χ0n) is 17.4. The lowest BCUT2D eigenvalue weighted by Gasteiger charge is -2.11. The molecule has 0 saturated heterocycles. The van der Waals surface area contributed by atoms with E-state index in [1.807, 2.05) is 48.5 Å². The second-order valence-corrected chi connectivity index (χ2v) is 7.83. The van der Waals surface area contributed by atoms with Crippen molar-refractivity contribution in [2.24, 2.45) is 0 Å². The Labute approximate surface area is 185 Å². The summed E-state index contributed by atoms with van der Waals surface area (Å²) in [7, 11) is 0. The Morgan fingerprint density at radius 3 is 2.38 bits per heavy atom. The van der Waals surface area contributed by atoms with Crippen LogP contribution in [0.15, 0.2) is 91.3 Å². The summed E-state index contributed by atoms with van der Waals surface area (Å²) in [6.07, 6.45) is 4.97. The molecule has 0 bridgehead atoms. The van der Waals surface area contributed by atoms with Gasteiger partial charge >= 0.3 is 0 Å². The standard InChI is InChI=1S/C28H21F2NO/c29-23-13-22(14-24(30)17-23)28-26-9-8-25(32-12-10-19-5-2-1-3-6-19)15-21(26)16-27(28)20-7-4-11-31-18-20/h1-9,11,13-15,17-18H,10,12,16H2. The van der Waals surface area contributed by atoms with Gasteiger partial charge in [-0.25, -0.2) is 8.78 Å². The first-order valence-electron chi connectivity index (χ1n) is 10.6.